The summed E-state index contributed by atoms with van der Waals surface area (Å²) in [5.41, 5.74) is 0. The van der Waals surface area contributed by atoms with E-state index < -0.39 is 6.10 Å². The molecular weight excluding hydrogens is 781 g/mol. The largest absolute Gasteiger partial charge is 0.462 e. The normalized spacial score (nSPS) is 12.2. The van der Waals surface area contributed by atoms with E-state index in [1.807, 2.05) is 0 Å². The van der Waals surface area contributed by atoms with E-state index in [4.69, 9.17) is 14.2 Å². The number of hydrogen-bond acceptors (Lipinski definition) is 6. The van der Waals surface area contributed by atoms with E-state index in [2.05, 4.69) is 57.2 Å². The Hall–Kier alpha value is -2.37. The number of carbonyl (C=O) groups is 3. The molecule has 0 aliphatic carbocycles. The number of ether oxygens (including phenoxy) is 3. The molecule has 0 aliphatic heterocycles. The van der Waals surface area contributed by atoms with Crippen molar-refractivity contribution in [2.45, 2.75) is 297 Å². The molecule has 0 N–H and O–H groups in total. The van der Waals surface area contributed by atoms with Crippen LogP contribution in [0.4, 0.5) is 0 Å². The lowest BCUT2D eigenvalue weighted by molar-refractivity contribution is -0.167. The van der Waals surface area contributed by atoms with Crippen molar-refractivity contribution in [1.82, 2.24) is 0 Å². The third-order valence-corrected chi connectivity index (χ3v) is 12.1. The molecule has 0 bridgehead atoms. The van der Waals surface area contributed by atoms with Crippen molar-refractivity contribution >= 4 is 17.9 Å². The predicted molar refractivity (Wildman–Crippen MR) is 270 cm³/mol. The average molecular weight is 885 g/mol. The van der Waals surface area contributed by atoms with Crippen molar-refractivity contribution in [3.63, 3.8) is 0 Å². The van der Waals surface area contributed by atoms with E-state index in [-0.39, 0.29) is 31.1 Å². The Morgan fingerprint density at radius 2 is 0.571 bits per heavy atom. The van der Waals surface area contributed by atoms with Gasteiger partial charge in [-0.05, 0) is 77.0 Å². The molecule has 368 valence electrons. The van der Waals surface area contributed by atoms with Gasteiger partial charge in [0.1, 0.15) is 13.2 Å². The van der Waals surface area contributed by atoms with Crippen LogP contribution in [-0.2, 0) is 28.6 Å². The fourth-order valence-electron chi connectivity index (χ4n) is 7.94. The lowest BCUT2D eigenvalue weighted by atomic mass is 10.1. The molecule has 0 aliphatic rings. The first-order valence-corrected chi connectivity index (χ1v) is 27.5. The first-order chi connectivity index (χ1) is 31.0. The fourth-order valence-corrected chi connectivity index (χ4v) is 7.94. The van der Waals surface area contributed by atoms with E-state index in [1.54, 1.807) is 0 Å². The smallest absolute Gasteiger partial charge is 0.306 e. The first kappa shape index (κ1) is 60.6. The number of hydrogen-bond donors (Lipinski definition) is 0. The van der Waals surface area contributed by atoms with Crippen LogP contribution in [0.2, 0.25) is 0 Å². The maximum atomic E-state index is 12.8. The molecule has 1 unspecified atom stereocenters. The average Bonchev–Trinajstić information content (AvgIpc) is 3.28. The summed E-state index contributed by atoms with van der Waals surface area (Å²) in [6.45, 7) is 6.62. The second-order valence-corrected chi connectivity index (χ2v) is 18.5. The molecule has 0 spiro atoms. The predicted octanol–water partition coefficient (Wildman–Crippen LogP) is 18.1. The lowest BCUT2D eigenvalue weighted by Crippen LogP contribution is -2.30. The molecule has 6 nitrogen and oxygen atoms in total. The van der Waals surface area contributed by atoms with Crippen LogP contribution in [0.5, 0.6) is 0 Å². The van der Waals surface area contributed by atoms with Gasteiger partial charge >= 0.3 is 17.9 Å². The maximum absolute atomic E-state index is 12.8. The molecule has 0 amide bonds. The Morgan fingerprint density at radius 1 is 0.317 bits per heavy atom. The van der Waals surface area contributed by atoms with Crippen LogP contribution in [-0.4, -0.2) is 37.2 Å². The topological polar surface area (TPSA) is 78.9 Å². The zero-order valence-corrected chi connectivity index (χ0v) is 42.1. The summed E-state index contributed by atoms with van der Waals surface area (Å²) < 4.78 is 16.8. The molecule has 0 fully saturated rings. The van der Waals surface area contributed by atoms with E-state index in [0.717, 1.165) is 83.5 Å². The second kappa shape index (κ2) is 52.3. The highest BCUT2D eigenvalue weighted by Crippen LogP contribution is 2.15. The third-order valence-electron chi connectivity index (χ3n) is 12.1. The van der Waals surface area contributed by atoms with Crippen LogP contribution in [0.3, 0.4) is 0 Å². The highest BCUT2D eigenvalue weighted by molar-refractivity contribution is 5.71. The summed E-state index contributed by atoms with van der Waals surface area (Å²) in [6.07, 6.45) is 61.3. The molecule has 0 saturated heterocycles. The molecule has 0 rings (SSSR count). The molecule has 0 radical (unpaired) electrons. The molecule has 0 heterocycles. The van der Waals surface area contributed by atoms with Crippen LogP contribution in [0.15, 0.2) is 36.5 Å². The fraction of sp³-hybridized carbons (Fsp3) is 0.842. The van der Waals surface area contributed by atoms with E-state index in [0.29, 0.717) is 19.3 Å². The third kappa shape index (κ3) is 50.5. The van der Waals surface area contributed by atoms with Crippen LogP contribution in [0, 0.1) is 0 Å². The second-order valence-electron chi connectivity index (χ2n) is 18.5. The van der Waals surface area contributed by atoms with Gasteiger partial charge in [0.25, 0.3) is 0 Å². The molecular formula is C57H104O6. The van der Waals surface area contributed by atoms with Crippen molar-refractivity contribution < 1.29 is 28.6 Å². The van der Waals surface area contributed by atoms with E-state index in [9.17, 15) is 14.4 Å². The molecule has 63 heavy (non-hydrogen) atoms. The summed E-state index contributed by atoms with van der Waals surface area (Å²) in [7, 11) is 0. The van der Waals surface area contributed by atoms with E-state index >= 15 is 0 Å². The minimum Gasteiger partial charge on any atom is -0.462 e. The van der Waals surface area contributed by atoms with Gasteiger partial charge in [0.05, 0.1) is 0 Å². The molecule has 0 aromatic carbocycles. The number of carbonyl (C=O) groups excluding carboxylic acids is 3. The highest BCUT2D eigenvalue weighted by Gasteiger charge is 2.19. The number of allylic oxidation sites excluding steroid dienone is 6. The van der Waals surface area contributed by atoms with Crippen LogP contribution < -0.4 is 0 Å². The zero-order valence-electron chi connectivity index (χ0n) is 42.1. The van der Waals surface area contributed by atoms with Crippen LogP contribution in [0.25, 0.3) is 0 Å². The Morgan fingerprint density at radius 3 is 0.905 bits per heavy atom. The quantitative estimate of drug-likeness (QED) is 0.0262. The number of esters is 3. The molecule has 0 aromatic rings. The maximum Gasteiger partial charge on any atom is 0.306 e. The SMILES string of the molecule is CCCCCC/C=C\C/C=C\CCCCCCCC(=O)OC(COC(=O)CCCCCCCCCCCC)COC(=O)CCCCCCCCCCC/C=C\CCCCCCCC. The van der Waals surface area contributed by atoms with Gasteiger partial charge < -0.3 is 14.2 Å². The summed E-state index contributed by atoms with van der Waals surface area (Å²) in [5, 5.41) is 0. The van der Waals surface area contributed by atoms with Gasteiger partial charge in [0.2, 0.25) is 0 Å². The number of unbranched alkanes of at least 4 members (excludes halogenated alkanes) is 33. The molecule has 0 saturated carbocycles. The summed E-state index contributed by atoms with van der Waals surface area (Å²) >= 11 is 0. The van der Waals surface area contributed by atoms with Gasteiger partial charge in [0, 0.05) is 19.3 Å². The monoisotopic (exact) mass is 885 g/mol. The van der Waals surface area contributed by atoms with Gasteiger partial charge in [-0.2, -0.15) is 0 Å². The highest BCUT2D eigenvalue weighted by atomic mass is 16.6. The summed E-state index contributed by atoms with van der Waals surface area (Å²) in [4.78, 5) is 38.0. The zero-order chi connectivity index (χ0) is 45.8. The summed E-state index contributed by atoms with van der Waals surface area (Å²) in [6, 6.07) is 0. The lowest BCUT2D eigenvalue weighted by Gasteiger charge is -2.18. The minimum atomic E-state index is -0.776. The first-order valence-electron chi connectivity index (χ1n) is 27.5. The summed E-state index contributed by atoms with van der Waals surface area (Å²) in [5.74, 6) is -0.881. The Labute approximate surface area is 391 Å². The van der Waals surface area contributed by atoms with Crippen molar-refractivity contribution in [3.05, 3.63) is 36.5 Å². The molecule has 1 atom stereocenters. The standard InChI is InChI=1S/C57H104O6/c1-4-7-10-13-16-19-22-24-26-28-29-30-32-33-35-38-41-44-47-50-56(59)62-53-54(52-61-55(58)49-46-43-40-37-21-18-15-12-9-6-3)63-57(60)51-48-45-42-39-36-34-31-27-25-23-20-17-14-11-8-5-2/h20,23-24,26-27,31,54H,4-19,21-22,25,28-30,32-53H2,1-3H3/b23-20-,26-24-,31-27-. The minimum absolute atomic E-state index is 0.0756. The Bertz CT molecular complexity index is 1060. The Kier molecular flexibility index (Phi) is 50.3. The number of rotatable bonds is 50. The van der Waals surface area contributed by atoms with Gasteiger partial charge in [0.15, 0.2) is 6.10 Å². The van der Waals surface area contributed by atoms with Gasteiger partial charge in [-0.1, -0.05) is 231 Å². The van der Waals surface area contributed by atoms with E-state index in [1.165, 1.54) is 167 Å². The van der Waals surface area contributed by atoms with Crippen molar-refractivity contribution in [2.75, 3.05) is 13.2 Å². The van der Waals surface area contributed by atoms with Crippen molar-refractivity contribution in [3.8, 4) is 0 Å². The molecule has 0 aromatic heterocycles. The van der Waals surface area contributed by atoms with Gasteiger partial charge in [-0.25, -0.2) is 0 Å². The molecule has 6 heteroatoms. The van der Waals surface area contributed by atoms with Crippen molar-refractivity contribution in [1.29, 1.82) is 0 Å². The Balaban J connectivity index is 4.31. The van der Waals surface area contributed by atoms with Crippen LogP contribution in [0.1, 0.15) is 290 Å². The van der Waals surface area contributed by atoms with Gasteiger partial charge in [-0.3, -0.25) is 14.4 Å². The van der Waals surface area contributed by atoms with Gasteiger partial charge in [-0.15, -0.1) is 0 Å². The van der Waals surface area contributed by atoms with Crippen molar-refractivity contribution in [2.24, 2.45) is 0 Å². The van der Waals surface area contributed by atoms with Crippen LogP contribution >= 0.6 is 0 Å².